The Bertz CT molecular complexity index is 1470. The number of nitrogens with one attached hydrogen (secondary N) is 1. The molecular formula is C27H30N6O3. The van der Waals surface area contributed by atoms with Crippen LogP contribution in [0.4, 0.5) is 5.82 Å². The van der Waals surface area contributed by atoms with E-state index in [1.54, 1.807) is 32.3 Å². The van der Waals surface area contributed by atoms with Crippen molar-refractivity contribution in [2.45, 2.75) is 32.7 Å². The molecule has 1 amide bonds. The molecule has 186 valence electrons. The van der Waals surface area contributed by atoms with Crippen LogP contribution in [0.15, 0.2) is 42.5 Å². The molecule has 1 aliphatic heterocycles. The maximum Gasteiger partial charge on any atom is 0.299 e. The van der Waals surface area contributed by atoms with Crippen LogP contribution in [0.2, 0.25) is 0 Å². The van der Waals surface area contributed by atoms with Crippen LogP contribution in [0.25, 0.3) is 22.3 Å². The number of aromatic nitrogens is 4. The fourth-order valence-electron chi connectivity index (χ4n) is 4.49. The number of carbonyl (C=O) groups excluding carboxylic acids is 1. The number of benzene rings is 2. The fraction of sp³-hybridized carbons (Fsp3) is 0.333. The SMILES string of the molecule is Cc1nc(NCCc2ccc(O)c(-c3cccc(C(=O)N(C)C)c3)c2)c2nc3n(c2n1)C(C)(C)CO3. The van der Waals surface area contributed by atoms with Crippen LogP contribution in [0, 0.1) is 6.92 Å². The second-order valence-electron chi connectivity index (χ2n) is 9.93. The molecule has 0 saturated heterocycles. The number of amides is 1. The summed E-state index contributed by atoms with van der Waals surface area (Å²) in [5, 5.41) is 13.9. The Labute approximate surface area is 209 Å². The third-order valence-corrected chi connectivity index (χ3v) is 6.34. The highest BCUT2D eigenvalue weighted by Crippen LogP contribution is 2.36. The second-order valence-corrected chi connectivity index (χ2v) is 9.93. The summed E-state index contributed by atoms with van der Waals surface area (Å²) >= 11 is 0. The number of hydrogen-bond donors (Lipinski definition) is 2. The van der Waals surface area contributed by atoms with Gasteiger partial charge >= 0.3 is 0 Å². The molecule has 9 nitrogen and oxygen atoms in total. The van der Waals surface area contributed by atoms with E-state index < -0.39 is 0 Å². The van der Waals surface area contributed by atoms with Gasteiger partial charge in [-0.1, -0.05) is 18.2 Å². The molecule has 0 bridgehead atoms. The predicted octanol–water partition coefficient (Wildman–Crippen LogP) is 3.99. The zero-order valence-corrected chi connectivity index (χ0v) is 21.2. The molecule has 2 aromatic heterocycles. The highest BCUT2D eigenvalue weighted by Gasteiger charge is 2.35. The molecule has 36 heavy (non-hydrogen) atoms. The first-order valence-corrected chi connectivity index (χ1v) is 11.9. The van der Waals surface area contributed by atoms with Crippen molar-refractivity contribution in [3.8, 4) is 22.9 Å². The van der Waals surface area contributed by atoms with Gasteiger partial charge in [0.05, 0.1) is 5.54 Å². The van der Waals surface area contributed by atoms with Crippen molar-refractivity contribution >= 4 is 22.9 Å². The summed E-state index contributed by atoms with van der Waals surface area (Å²) in [4.78, 5) is 27.8. The molecule has 2 N–H and O–H groups in total. The third-order valence-electron chi connectivity index (χ3n) is 6.34. The molecule has 0 unspecified atom stereocenters. The quantitative estimate of drug-likeness (QED) is 0.424. The first kappa shape index (κ1) is 23.6. The van der Waals surface area contributed by atoms with Gasteiger partial charge in [-0.25, -0.2) is 9.97 Å². The molecule has 5 rings (SSSR count). The number of phenolic OH excluding ortho intramolecular Hbond substituents is 1. The third kappa shape index (κ3) is 4.21. The number of nitrogens with zero attached hydrogens (tertiary/aromatic N) is 5. The number of phenols is 1. The Hall–Kier alpha value is -4.14. The number of fused-ring (bicyclic) bond motifs is 3. The zero-order valence-electron chi connectivity index (χ0n) is 21.2. The van der Waals surface area contributed by atoms with E-state index in [9.17, 15) is 9.90 Å². The lowest BCUT2D eigenvalue weighted by molar-refractivity contribution is 0.0827. The number of carbonyl (C=O) groups is 1. The lowest BCUT2D eigenvalue weighted by Gasteiger charge is -2.18. The van der Waals surface area contributed by atoms with E-state index in [1.165, 1.54) is 4.90 Å². The summed E-state index contributed by atoms with van der Waals surface area (Å²) in [6.45, 7) is 7.25. The van der Waals surface area contributed by atoms with E-state index in [0.29, 0.717) is 53.9 Å². The minimum atomic E-state index is -0.223. The first-order chi connectivity index (χ1) is 17.1. The number of imidazole rings is 1. The summed E-state index contributed by atoms with van der Waals surface area (Å²) in [6.07, 6.45) is 0.698. The van der Waals surface area contributed by atoms with Crippen molar-refractivity contribution in [1.29, 1.82) is 0 Å². The van der Waals surface area contributed by atoms with E-state index in [0.717, 1.165) is 16.8 Å². The van der Waals surface area contributed by atoms with Gasteiger partial charge in [-0.2, -0.15) is 4.98 Å². The number of ether oxygens (including phenoxy) is 1. The molecule has 4 aromatic rings. The van der Waals surface area contributed by atoms with Gasteiger partial charge in [0.25, 0.3) is 11.9 Å². The Kier molecular flexibility index (Phi) is 5.78. The van der Waals surface area contributed by atoms with Gasteiger partial charge in [0.15, 0.2) is 17.0 Å². The normalized spacial score (nSPS) is 13.9. The van der Waals surface area contributed by atoms with Gasteiger partial charge in [-0.3, -0.25) is 9.36 Å². The fourth-order valence-corrected chi connectivity index (χ4v) is 4.49. The molecule has 0 spiro atoms. The molecule has 0 atom stereocenters. The summed E-state index contributed by atoms with van der Waals surface area (Å²) in [7, 11) is 3.44. The average molecular weight is 487 g/mol. The second kappa shape index (κ2) is 8.82. The number of rotatable bonds is 6. The summed E-state index contributed by atoms with van der Waals surface area (Å²) in [5.74, 6) is 1.42. The number of hydrogen-bond acceptors (Lipinski definition) is 7. The average Bonchev–Trinajstić information content (AvgIpc) is 3.36. The first-order valence-electron chi connectivity index (χ1n) is 11.9. The minimum Gasteiger partial charge on any atom is -0.507 e. The number of anilines is 1. The molecule has 0 saturated carbocycles. The number of aromatic hydroxyl groups is 1. The maximum atomic E-state index is 12.4. The van der Waals surface area contributed by atoms with Crippen molar-refractivity contribution in [2.24, 2.45) is 0 Å². The Morgan fingerprint density at radius 2 is 1.97 bits per heavy atom. The molecule has 2 aromatic carbocycles. The van der Waals surface area contributed by atoms with Gasteiger partial charge in [0, 0.05) is 31.8 Å². The lowest BCUT2D eigenvalue weighted by Crippen LogP contribution is -2.26. The number of aryl methyl sites for hydroxylation is 1. The smallest absolute Gasteiger partial charge is 0.299 e. The molecule has 0 fully saturated rings. The summed E-state index contributed by atoms with van der Waals surface area (Å²) in [5.41, 5.74) is 4.33. The van der Waals surface area contributed by atoms with Crippen molar-refractivity contribution in [3.05, 3.63) is 59.4 Å². The molecule has 0 radical (unpaired) electrons. The topological polar surface area (TPSA) is 105 Å². The largest absolute Gasteiger partial charge is 0.507 e. The van der Waals surface area contributed by atoms with Gasteiger partial charge in [0.2, 0.25) is 0 Å². The van der Waals surface area contributed by atoms with E-state index in [-0.39, 0.29) is 17.2 Å². The lowest BCUT2D eigenvalue weighted by atomic mass is 9.98. The van der Waals surface area contributed by atoms with E-state index in [1.807, 2.05) is 35.8 Å². The van der Waals surface area contributed by atoms with Crippen LogP contribution >= 0.6 is 0 Å². The zero-order chi connectivity index (χ0) is 25.6. The van der Waals surface area contributed by atoms with Crippen LogP contribution in [0.5, 0.6) is 11.8 Å². The van der Waals surface area contributed by atoms with Crippen LogP contribution in [-0.2, 0) is 12.0 Å². The van der Waals surface area contributed by atoms with Crippen LogP contribution in [0.1, 0.15) is 35.6 Å². The molecule has 3 heterocycles. The van der Waals surface area contributed by atoms with Crippen molar-refractivity contribution in [2.75, 3.05) is 32.6 Å². The summed E-state index contributed by atoms with van der Waals surface area (Å²) in [6, 6.07) is 13.4. The summed E-state index contributed by atoms with van der Waals surface area (Å²) < 4.78 is 7.81. The van der Waals surface area contributed by atoms with Gasteiger partial charge in [-0.15, -0.1) is 0 Å². The molecule has 0 aliphatic carbocycles. The monoisotopic (exact) mass is 486 g/mol. The van der Waals surface area contributed by atoms with Crippen molar-refractivity contribution < 1.29 is 14.6 Å². The van der Waals surface area contributed by atoms with Gasteiger partial charge in [-0.05, 0) is 62.6 Å². The van der Waals surface area contributed by atoms with Crippen molar-refractivity contribution in [3.63, 3.8) is 0 Å². The van der Waals surface area contributed by atoms with E-state index in [4.69, 9.17) is 4.74 Å². The van der Waals surface area contributed by atoms with Crippen LogP contribution < -0.4 is 10.1 Å². The van der Waals surface area contributed by atoms with Gasteiger partial charge < -0.3 is 20.1 Å². The highest BCUT2D eigenvalue weighted by molar-refractivity contribution is 5.95. The van der Waals surface area contributed by atoms with Crippen molar-refractivity contribution in [1.82, 2.24) is 24.4 Å². The van der Waals surface area contributed by atoms with E-state index in [2.05, 4.69) is 34.1 Å². The van der Waals surface area contributed by atoms with Gasteiger partial charge in [0.1, 0.15) is 18.2 Å². The van der Waals surface area contributed by atoms with Crippen LogP contribution in [0.3, 0.4) is 0 Å². The Balaban J connectivity index is 1.37. The standard InChI is InChI=1S/C27H30N6O3/c1-16-29-23(22-24(30-16)33-26(31-22)36-15-27(33,2)3)28-12-11-17-9-10-21(34)20(13-17)18-7-6-8-19(14-18)25(35)32(4)5/h6-10,13-14,34H,11-12,15H2,1-5H3,(H,28,29,30). The van der Waals surface area contributed by atoms with Crippen LogP contribution in [-0.4, -0.2) is 62.7 Å². The Morgan fingerprint density at radius 3 is 2.75 bits per heavy atom. The predicted molar refractivity (Wildman–Crippen MR) is 139 cm³/mol. The molecule has 9 heteroatoms. The molecule has 1 aliphatic rings. The maximum absolute atomic E-state index is 12.4. The molecular weight excluding hydrogens is 456 g/mol. The Morgan fingerprint density at radius 1 is 1.17 bits per heavy atom. The highest BCUT2D eigenvalue weighted by atomic mass is 16.5. The minimum absolute atomic E-state index is 0.0813. The van der Waals surface area contributed by atoms with E-state index >= 15 is 0 Å².